The zero-order valence-corrected chi connectivity index (χ0v) is 8.31. The van der Waals surface area contributed by atoms with Crippen molar-refractivity contribution >= 4 is 11.4 Å². The molecular formula is C9H12FN3O2. The molecule has 5 nitrogen and oxygen atoms in total. The summed E-state index contributed by atoms with van der Waals surface area (Å²) in [6.45, 7) is 0.786. The number of nitro groups is 1. The maximum absolute atomic E-state index is 12.9. The predicted octanol–water partition coefficient (Wildman–Crippen LogP) is 1.13. The van der Waals surface area contributed by atoms with Crippen LogP contribution in [0.2, 0.25) is 0 Å². The Balaban J connectivity index is 3.12. The molecule has 15 heavy (non-hydrogen) atoms. The molecule has 0 aliphatic rings. The Morgan fingerprint density at radius 1 is 1.60 bits per heavy atom. The molecule has 1 aromatic carbocycles. The molecule has 0 aliphatic heterocycles. The van der Waals surface area contributed by atoms with Crippen LogP contribution in [-0.2, 0) is 0 Å². The first-order valence-electron chi connectivity index (χ1n) is 4.41. The number of likely N-dealkylation sites (N-methyl/N-ethyl adjacent to an activating group) is 1. The van der Waals surface area contributed by atoms with Crippen molar-refractivity contribution in [2.75, 3.05) is 25.0 Å². The monoisotopic (exact) mass is 213 g/mol. The van der Waals surface area contributed by atoms with Gasteiger partial charge in [-0.1, -0.05) is 0 Å². The lowest BCUT2D eigenvalue weighted by atomic mass is 10.2. The Morgan fingerprint density at radius 3 is 2.80 bits per heavy atom. The highest BCUT2D eigenvalue weighted by atomic mass is 19.1. The Morgan fingerprint density at radius 2 is 2.27 bits per heavy atom. The zero-order valence-electron chi connectivity index (χ0n) is 8.31. The van der Waals surface area contributed by atoms with Crippen LogP contribution in [0.1, 0.15) is 0 Å². The largest absolute Gasteiger partial charge is 0.368 e. The molecule has 0 radical (unpaired) electrons. The first-order valence-corrected chi connectivity index (χ1v) is 4.41. The quantitative estimate of drug-likeness (QED) is 0.601. The fourth-order valence-electron chi connectivity index (χ4n) is 1.27. The predicted molar refractivity (Wildman–Crippen MR) is 55.4 cm³/mol. The summed E-state index contributed by atoms with van der Waals surface area (Å²) in [6, 6.07) is 3.35. The summed E-state index contributed by atoms with van der Waals surface area (Å²) in [4.78, 5) is 11.7. The Kier molecular flexibility index (Phi) is 3.56. The van der Waals surface area contributed by atoms with E-state index in [1.54, 1.807) is 11.9 Å². The molecule has 0 bridgehead atoms. The van der Waals surface area contributed by atoms with Gasteiger partial charge in [0, 0.05) is 32.3 Å². The minimum atomic E-state index is -0.540. The van der Waals surface area contributed by atoms with E-state index < -0.39 is 10.7 Å². The van der Waals surface area contributed by atoms with E-state index in [1.807, 2.05) is 0 Å². The van der Waals surface area contributed by atoms with Crippen LogP contribution < -0.4 is 10.6 Å². The average molecular weight is 213 g/mol. The molecule has 2 N–H and O–H groups in total. The lowest BCUT2D eigenvalue weighted by Crippen LogP contribution is -2.25. The summed E-state index contributed by atoms with van der Waals surface area (Å²) < 4.78 is 12.9. The van der Waals surface area contributed by atoms with Crippen LogP contribution in [0.25, 0.3) is 0 Å². The van der Waals surface area contributed by atoms with Gasteiger partial charge in [0.2, 0.25) is 0 Å². The van der Waals surface area contributed by atoms with Crippen LogP contribution in [0.15, 0.2) is 18.2 Å². The molecule has 82 valence electrons. The average Bonchev–Trinajstić information content (AvgIpc) is 2.17. The van der Waals surface area contributed by atoms with Crippen LogP contribution >= 0.6 is 0 Å². The number of halogens is 1. The third kappa shape index (κ3) is 2.63. The van der Waals surface area contributed by atoms with Gasteiger partial charge in [-0.05, 0) is 6.07 Å². The van der Waals surface area contributed by atoms with Crippen molar-refractivity contribution in [2.24, 2.45) is 5.73 Å². The molecule has 0 fully saturated rings. The number of hydrogen-bond acceptors (Lipinski definition) is 4. The molecule has 0 atom stereocenters. The normalized spacial score (nSPS) is 10.1. The van der Waals surface area contributed by atoms with E-state index in [1.165, 1.54) is 0 Å². The third-order valence-electron chi connectivity index (χ3n) is 2.01. The van der Waals surface area contributed by atoms with E-state index in [-0.39, 0.29) is 11.4 Å². The number of nitro benzene ring substituents is 1. The van der Waals surface area contributed by atoms with Crippen LogP contribution in [-0.4, -0.2) is 25.1 Å². The summed E-state index contributed by atoms with van der Waals surface area (Å²) in [6.07, 6.45) is 0. The molecule has 0 saturated carbocycles. The number of rotatable bonds is 4. The molecule has 0 aromatic heterocycles. The highest BCUT2D eigenvalue weighted by Gasteiger charge is 2.17. The van der Waals surface area contributed by atoms with Gasteiger partial charge in [0.1, 0.15) is 11.5 Å². The first-order chi connectivity index (χ1) is 7.06. The van der Waals surface area contributed by atoms with Crippen molar-refractivity contribution in [3.05, 3.63) is 34.1 Å². The lowest BCUT2D eigenvalue weighted by Gasteiger charge is -2.17. The minimum absolute atomic E-state index is 0.118. The van der Waals surface area contributed by atoms with Gasteiger partial charge < -0.3 is 10.6 Å². The molecule has 0 unspecified atom stereocenters. The van der Waals surface area contributed by atoms with Gasteiger partial charge in [-0.25, -0.2) is 4.39 Å². The number of nitrogens with two attached hydrogens (primary N) is 1. The van der Waals surface area contributed by atoms with Crippen LogP contribution in [0.5, 0.6) is 0 Å². The van der Waals surface area contributed by atoms with Crippen molar-refractivity contribution in [3.8, 4) is 0 Å². The second kappa shape index (κ2) is 4.70. The molecule has 6 heteroatoms. The minimum Gasteiger partial charge on any atom is -0.368 e. The molecule has 0 amide bonds. The van der Waals surface area contributed by atoms with Crippen LogP contribution in [0.4, 0.5) is 15.8 Å². The van der Waals surface area contributed by atoms with Crippen LogP contribution in [0.3, 0.4) is 0 Å². The fourth-order valence-corrected chi connectivity index (χ4v) is 1.27. The molecule has 0 heterocycles. The van der Waals surface area contributed by atoms with E-state index in [0.717, 1.165) is 18.2 Å². The highest BCUT2D eigenvalue weighted by molar-refractivity contribution is 5.62. The molecule has 0 spiro atoms. The van der Waals surface area contributed by atoms with Crippen LogP contribution in [0, 0.1) is 15.9 Å². The standard InChI is InChI=1S/C9H12FN3O2/c1-12(5-4-11)9-6-7(10)2-3-8(9)13(14)15/h2-3,6H,4-5,11H2,1H3. The topological polar surface area (TPSA) is 72.4 Å². The zero-order chi connectivity index (χ0) is 11.4. The summed E-state index contributed by atoms with van der Waals surface area (Å²) in [7, 11) is 1.63. The number of hydrogen-bond donors (Lipinski definition) is 1. The van der Waals surface area contributed by atoms with Gasteiger partial charge in [0.25, 0.3) is 5.69 Å². The first kappa shape index (κ1) is 11.4. The smallest absolute Gasteiger partial charge is 0.292 e. The maximum atomic E-state index is 12.9. The fraction of sp³-hybridized carbons (Fsp3) is 0.333. The van der Waals surface area contributed by atoms with Crippen molar-refractivity contribution in [2.45, 2.75) is 0 Å². The Labute approximate surface area is 86.4 Å². The highest BCUT2D eigenvalue weighted by Crippen LogP contribution is 2.27. The van der Waals surface area contributed by atoms with E-state index in [4.69, 9.17) is 5.73 Å². The van der Waals surface area contributed by atoms with Crippen molar-refractivity contribution in [1.82, 2.24) is 0 Å². The second-order valence-electron chi connectivity index (χ2n) is 3.10. The van der Waals surface area contributed by atoms with Crippen molar-refractivity contribution in [3.63, 3.8) is 0 Å². The van der Waals surface area contributed by atoms with Gasteiger partial charge in [-0.3, -0.25) is 10.1 Å². The summed E-state index contributed by atoms with van der Waals surface area (Å²) in [5, 5.41) is 10.7. The maximum Gasteiger partial charge on any atom is 0.292 e. The van der Waals surface area contributed by atoms with Gasteiger partial charge in [0.15, 0.2) is 0 Å². The summed E-state index contributed by atoms with van der Waals surface area (Å²) in [5.74, 6) is -0.500. The van der Waals surface area contributed by atoms with E-state index in [9.17, 15) is 14.5 Å². The van der Waals surface area contributed by atoms with Gasteiger partial charge in [-0.2, -0.15) is 0 Å². The van der Waals surface area contributed by atoms with Gasteiger partial charge in [0.05, 0.1) is 4.92 Å². The Hall–Kier alpha value is -1.69. The van der Waals surface area contributed by atoms with Gasteiger partial charge in [-0.15, -0.1) is 0 Å². The van der Waals surface area contributed by atoms with E-state index in [2.05, 4.69) is 0 Å². The summed E-state index contributed by atoms with van der Waals surface area (Å²) >= 11 is 0. The molecule has 0 aliphatic carbocycles. The molecule has 1 rings (SSSR count). The number of anilines is 1. The number of benzene rings is 1. The van der Waals surface area contributed by atoms with E-state index in [0.29, 0.717) is 13.1 Å². The Bertz CT molecular complexity index is 370. The molecule has 0 saturated heterocycles. The third-order valence-corrected chi connectivity index (χ3v) is 2.01. The van der Waals surface area contributed by atoms with Crippen molar-refractivity contribution < 1.29 is 9.31 Å². The summed E-state index contributed by atoms with van der Waals surface area (Å²) in [5.41, 5.74) is 5.45. The van der Waals surface area contributed by atoms with Crippen molar-refractivity contribution in [1.29, 1.82) is 0 Å². The molecular weight excluding hydrogens is 201 g/mol. The number of nitrogens with zero attached hydrogens (tertiary/aromatic N) is 2. The van der Waals surface area contributed by atoms with E-state index >= 15 is 0 Å². The molecule has 1 aromatic rings. The lowest BCUT2D eigenvalue weighted by molar-refractivity contribution is -0.384. The second-order valence-corrected chi connectivity index (χ2v) is 3.10. The van der Waals surface area contributed by atoms with Gasteiger partial charge >= 0.3 is 0 Å². The SMILES string of the molecule is CN(CCN)c1cc(F)ccc1[N+](=O)[O-].